The van der Waals surface area contributed by atoms with Crippen LogP contribution < -0.4 is 0 Å². The van der Waals surface area contributed by atoms with Crippen LogP contribution in [0, 0.1) is 5.92 Å². The molecule has 2 fully saturated rings. The first kappa shape index (κ1) is 16.3. The van der Waals surface area contributed by atoms with Crippen LogP contribution >= 0.6 is 0 Å². The molecule has 1 saturated heterocycles. The van der Waals surface area contributed by atoms with Gasteiger partial charge in [-0.15, -0.1) is 0 Å². The maximum absolute atomic E-state index is 12.8. The van der Waals surface area contributed by atoms with Crippen molar-refractivity contribution in [2.75, 3.05) is 26.2 Å². The van der Waals surface area contributed by atoms with Crippen molar-refractivity contribution < 1.29 is 4.79 Å². The van der Waals surface area contributed by atoms with E-state index in [-0.39, 0.29) is 5.92 Å². The zero-order valence-electron chi connectivity index (χ0n) is 14.8. The maximum Gasteiger partial charge on any atom is 0.226 e. The van der Waals surface area contributed by atoms with Crippen molar-refractivity contribution in [3.8, 4) is 0 Å². The molecular weight excluding hydrogens is 312 g/mol. The number of hydrogen-bond donors (Lipinski definition) is 0. The Kier molecular flexibility index (Phi) is 4.57. The minimum atomic E-state index is 0.171. The summed E-state index contributed by atoms with van der Waals surface area (Å²) in [6.45, 7) is 4.74. The summed E-state index contributed by atoms with van der Waals surface area (Å²) < 4.78 is 1.82. The Morgan fingerprint density at radius 1 is 1.16 bits per heavy atom. The van der Waals surface area contributed by atoms with E-state index in [4.69, 9.17) is 0 Å². The monoisotopic (exact) mass is 338 g/mol. The molecule has 2 unspecified atom stereocenters. The fraction of sp³-hybridized carbons (Fsp3) is 0.500. The van der Waals surface area contributed by atoms with Crippen molar-refractivity contribution in [2.24, 2.45) is 13.0 Å². The maximum atomic E-state index is 12.8. The van der Waals surface area contributed by atoms with E-state index in [1.54, 1.807) is 0 Å². The van der Waals surface area contributed by atoms with Crippen LogP contribution in [0.5, 0.6) is 0 Å². The van der Waals surface area contributed by atoms with E-state index in [0.29, 0.717) is 11.8 Å². The van der Waals surface area contributed by atoms with Crippen molar-refractivity contribution in [2.45, 2.75) is 25.3 Å². The van der Waals surface area contributed by atoms with Gasteiger partial charge in [0.1, 0.15) is 0 Å². The summed E-state index contributed by atoms with van der Waals surface area (Å²) in [4.78, 5) is 17.4. The van der Waals surface area contributed by atoms with Crippen LogP contribution in [0.2, 0.25) is 0 Å². The average molecular weight is 338 g/mol. The Bertz CT molecular complexity index is 726. The molecule has 1 amide bonds. The minimum absolute atomic E-state index is 0.171. The van der Waals surface area contributed by atoms with Gasteiger partial charge in [-0.2, -0.15) is 5.10 Å². The molecule has 4 rings (SSSR count). The van der Waals surface area contributed by atoms with Gasteiger partial charge >= 0.3 is 0 Å². The molecular formula is C20H26N4O. The highest BCUT2D eigenvalue weighted by Gasteiger charge is 2.46. The Morgan fingerprint density at radius 3 is 2.76 bits per heavy atom. The molecule has 2 heterocycles. The summed E-state index contributed by atoms with van der Waals surface area (Å²) in [5.41, 5.74) is 2.56. The minimum Gasteiger partial charge on any atom is -0.341 e. The first-order chi connectivity index (χ1) is 12.2. The number of carbonyl (C=O) groups is 1. The van der Waals surface area contributed by atoms with E-state index in [0.717, 1.165) is 45.6 Å². The standard InChI is InChI=1S/C20H26N4O/c1-22-15-17(13-21-22)18-12-19(18)20(25)24-9-5-8-23(10-11-24)14-16-6-3-2-4-7-16/h2-4,6-7,13,15,18-19H,5,8-12,14H2,1H3. The SMILES string of the molecule is Cn1cc(C2CC2C(=O)N2CCCN(Cc3ccccc3)CC2)cn1. The lowest BCUT2D eigenvalue weighted by atomic mass is 10.2. The first-order valence-electron chi connectivity index (χ1n) is 9.24. The predicted molar refractivity (Wildman–Crippen MR) is 97.0 cm³/mol. The molecule has 2 aliphatic rings. The number of aryl methyl sites for hydroxylation is 1. The molecule has 0 N–H and O–H groups in total. The van der Waals surface area contributed by atoms with E-state index in [2.05, 4.69) is 45.2 Å². The summed E-state index contributed by atoms with van der Waals surface area (Å²) in [6, 6.07) is 10.6. The number of rotatable bonds is 4. The number of benzene rings is 1. The molecule has 132 valence electrons. The molecule has 1 aromatic heterocycles. The van der Waals surface area contributed by atoms with Crippen LogP contribution in [0.25, 0.3) is 0 Å². The Labute approximate surface area is 149 Å². The summed E-state index contributed by atoms with van der Waals surface area (Å²) in [5, 5.41) is 4.23. The van der Waals surface area contributed by atoms with Crippen LogP contribution in [-0.2, 0) is 18.4 Å². The molecule has 5 nitrogen and oxygen atoms in total. The Hall–Kier alpha value is -2.14. The van der Waals surface area contributed by atoms with E-state index in [1.807, 2.05) is 24.1 Å². The predicted octanol–water partition coefficient (Wildman–Crippen LogP) is 2.26. The van der Waals surface area contributed by atoms with E-state index >= 15 is 0 Å². The van der Waals surface area contributed by atoms with Crippen molar-refractivity contribution in [1.82, 2.24) is 19.6 Å². The number of aromatic nitrogens is 2. The normalized spacial score (nSPS) is 24.1. The lowest BCUT2D eigenvalue weighted by Gasteiger charge is -2.22. The molecule has 1 saturated carbocycles. The van der Waals surface area contributed by atoms with Gasteiger partial charge in [0.2, 0.25) is 5.91 Å². The molecule has 0 bridgehead atoms. The Morgan fingerprint density at radius 2 is 2.00 bits per heavy atom. The van der Waals surface area contributed by atoms with Crippen molar-refractivity contribution in [1.29, 1.82) is 0 Å². The number of hydrogen-bond acceptors (Lipinski definition) is 3. The van der Waals surface area contributed by atoms with E-state index in [1.165, 1.54) is 11.1 Å². The van der Waals surface area contributed by atoms with Gasteiger partial charge in [0, 0.05) is 51.9 Å². The smallest absolute Gasteiger partial charge is 0.226 e. The zero-order chi connectivity index (χ0) is 17.2. The van der Waals surface area contributed by atoms with Crippen LogP contribution in [-0.4, -0.2) is 51.7 Å². The number of nitrogens with zero attached hydrogens (tertiary/aromatic N) is 4. The van der Waals surface area contributed by atoms with Crippen LogP contribution in [0.15, 0.2) is 42.7 Å². The molecule has 2 aromatic rings. The highest BCUT2D eigenvalue weighted by molar-refractivity contribution is 5.83. The first-order valence-corrected chi connectivity index (χ1v) is 9.24. The van der Waals surface area contributed by atoms with Gasteiger partial charge in [0.05, 0.1) is 6.20 Å². The van der Waals surface area contributed by atoms with Gasteiger partial charge < -0.3 is 4.90 Å². The Balaban J connectivity index is 1.31. The summed E-state index contributed by atoms with van der Waals surface area (Å²) in [5.74, 6) is 0.894. The van der Waals surface area contributed by atoms with Crippen LogP contribution in [0.1, 0.15) is 29.9 Å². The molecule has 25 heavy (non-hydrogen) atoms. The third-order valence-corrected chi connectivity index (χ3v) is 5.41. The van der Waals surface area contributed by atoms with Crippen LogP contribution in [0.4, 0.5) is 0 Å². The molecule has 0 spiro atoms. The molecule has 1 aliphatic heterocycles. The molecule has 1 aromatic carbocycles. The van der Waals surface area contributed by atoms with Crippen LogP contribution in [0.3, 0.4) is 0 Å². The third kappa shape index (κ3) is 3.76. The largest absolute Gasteiger partial charge is 0.341 e. The molecule has 1 aliphatic carbocycles. The summed E-state index contributed by atoms with van der Waals surface area (Å²) >= 11 is 0. The zero-order valence-corrected chi connectivity index (χ0v) is 14.8. The fourth-order valence-corrected chi connectivity index (χ4v) is 3.89. The summed E-state index contributed by atoms with van der Waals surface area (Å²) in [7, 11) is 1.93. The third-order valence-electron chi connectivity index (χ3n) is 5.41. The number of amides is 1. The van der Waals surface area contributed by atoms with Crippen molar-refractivity contribution >= 4 is 5.91 Å². The lowest BCUT2D eigenvalue weighted by molar-refractivity contribution is -0.132. The quantitative estimate of drug-likeness (QED) is 0.859. The molecule has 0 radical (unpaired) electrons. The highest BCUT2D eigenvalue weighted by atomic mass is 16.2. The molecule has 5 heteroatoms. The second-order valence-corrected chi connectivity index (χ2v) is 7.34. The van der Waals surface area contributed by atoms with Gasteiger partial charge in [-0.1, -0.05) is 30.3 Å². The van der Waals surface area contributed by atoms with Gasteiger partial charge in [-0.25, -0.2) is 0 Å². The van der Waals surface area contributed by atoms with Crippen molar-refractivity contribution in [3.05, 3.63) is 53.9 Å². The molecule has 2 atom stereocenters. The second-order valence-electron chi connectivity index (χ2n) is 7.34. The highest BCUT2D eigenvalue weighted by Crippen LogP contribution is 2.48. The lowest BCUT2D eigenvalue weighted by Crippen LogP contribution is -2.36. The van der Waals surface area contributed by atoms with Gasteiger partial charge in [0.25, 0.3) is 0 Å². The van der Waals surface area contributed by atoms with Crippen molar-refractivity contribution in [3.63, 3.8) is 0 Å². The van der Waals surface area contributed by atoms with E-state index in [9.17, 15) is 4.79 Å². The van der Waals surface area contributed by atoms with Gasteiger partial charge in [0.15, 0.2) is 0 Å². The van der Waals surface area contributed by atoms with Gasteiger partial charge in [-0.3, -0.25) is 14.4 Å². The topological polar surface area (TPSA) is 41.4 Å². The fourth-order valence-electron chi connectivity index (χ4n) is 3.89. The average Bonchev–Trinajstić information content (AvgIpc) is 3.36. The van der Waals surface area contributed by atoms with E-state index < -0.39 is 0 Å². The van der Waals surface area contributed by atoms with Gasteiger partial charge in [-0.05, 0) is 29.9 Å². The second kappa shape index (κ2) is 7.00. The summed E-state index contributed by atoms with van der Waals surface area (Å²) in [6.07, 6.45) is 5.99. The number of carbonyl (C=O) groups excluding carboxylic acids is 1.